The molecule has 1 aliphatic rings. The summed E-state index contributed by atoms with van der Waals surface area (Å²) in [6.07, 6.45) is 2.13. The molecule has 0 aromatic heterocycles. The summed E-state index contributed by atoms with van der Waals surface area (Å²) in [5, 5.41) is 8.88. The minimum atomic E-state index is -0.372. The van der Waals surface area contributed by atoms with Crippen LogP contribution in [0.3, 0.4) is 0 Å². The normalized spacial score (nSPS) is 16.1. The second kappa shape index (κ2) is 8.69. The largest absolute Gasteiger partial charge is 0.376 e. The zero-order valence-corrected chi connectivity index (χ0v) is 14.9. The highest BCUT2D eigenvalue weighted by atomic mass is 35.5. The Morgan fingerprint density at radius 1 is 1.00 bits per heavy atom. The van der Waals surface area contributed by atoms with E-state index in [2.05, 4.69) is 16.0 Å². The molecule has 1 fully saturated rings. The quantitative estimate of drug-likeness (QED) is 0.743. The second-order valence-electron chi connectivity index (χ2n) is 6.01. The van der Waals surface area contributed by atoms with Crippen LogP contribution in [0.4, 0.5) is 16.2 Å². The van der Waals surface area contributed by atoms with E-state index in [1.54, 1.807) is 48.5 Å². The van der Waals surface area contributed by atoms with E-state index in [0.717, 1.165) is 19.4 Å². The van der Waals surface area contributed by atoms with E-state index in [9.17, 15) is 9.59 Å². The summed E-state index contributed by atoms with van der Waals surface area (Å²) in [7, 11) is 0. The van der Waals surface area contributed by atoms with Gasteiger partial charge in [0.05, 0.1) is 6.10 Å². The Kier molecular flexibility index (Phi) is 6.09. The summed E-state index contributed by atoms with van der Waals surface area (Å²) in [4.78, 5) is 24.1. The maximum Gasteiger partial charge on any atom is 0.323 e. The highest BCUT2D eigenvalue weighted by Gasteiger charge is 2.16. The van der Waals surface area contributed by atoms with E-state index in [1.165, 1.54) is 0 Å². The molecule has 1 atom stereocenters. The predicted octanol–water partition coefficient (Wildman–Crippen LogP) is 3.89. The molecule has 0 bridgehead atoms. The van der Waals surface area contributed by atoms with Crippen LogP contribution >= 0.6 is 11.6 Å². The number of hydrogen-bond acceptors (Lipinski definition) is 3. The lowest BCUT2D eigenvalue weighted by Gasteiger charge is -2.11. The summed E-state index contributed by atoms with van der Waals surface area (Å²) in [5.74, 6) is -0.155. The second-order valence-corrected chi connectivity index (χ2v) is 6.44. The molecule has 6 nitrogen and oxygen atoms in total. The van der Waals surface area contributed by atoms with Crippen LogP contribution in [0.5, 0.6) is 0 Å². The van der Waals surface area contributed by atoms with Gasteiger partial charge in [0.15, 0.2) is 0 Å². The van der Waals surface area contributed by atoms with Crippen LogP contribution < -0.4 is 16.0 Å². The van der Waals surface area contributed by atoms with Crippen molar-refractivity contribution in [2.45, 2.75) is 18.9 Å². The molecule has 1 aliphatic heterocycles. The van der Waals surface area contributed by atoms with Gasteiger partial charge >= 0.3 is 6.03 Å². The van der Waals surface area contributed by atoms with Crippen LogP contribution in [0, 0.1) is 0 Å². The predicted molar refractivity (Wildman–Crippen MR) is 102 cm³/mol. The minimum Gasteiger partial charge on any atom is -0.376 e. The SMILES string of the molecule is O=C(Nc1ccc(Cl)cc1)Nc1ccc(C(=O)NC[C@H]2CCCO2)cc1. The monoisotopic (exact) mass is 373 g/mol. The van der Waals surface area contributed by atoms with Gasteiger partial charge in [-0.05, 0) is 61.4 Å². The summed E-state index contributed by atoms with van der Waals surface area (Å²) in [5.41, 5.74) is 1.76. The Labute approximate surface area is 156 Å². The fraction of sp³-hybridized carbons (Fsp3) is 0.263. The first-order chi connectivity index (χ1) is 12.6. The molecule has 3 amide bonds. The molecule has 0 spiro atoms. The molecule has 2 aromatic rings. The summed E-state index contributed by atoms with van der Waals surface area (Å²) < 4.78 is 5.48. The number of amides is 3. The third kappa shape index (κ3) is 5.21. The molecular weight excluding hydrogens is 354 g/mol. The maximum atomic E-state index is 12.1. The first-order valence-corrected chi connectivity index (χ1v) is 8.81. The van der Waals surface area contributed by atoms with Gasteiger partial charge in [-0.2, -0.15) is 0 Å². The Bertz CT molecular complexity index is 757. The van der Waals surface area contributed by atoms with Crippen molar-refractivity contribution in [2.75, 3.05) is 23.8 Å². The summed E-state index contributed by atoms with van der Waals surface area (Å²) >= 11 is 5.81. The van der Waals surface area contributed by atoms with Crippen molar-refractivity contribution in [3.8, 4) is 0 Å². The van der Waals surface area contributed by atoms with E-state index in [-0.39, 0.29) is 18.0 Å². The molecule has 7 heteroatoms. The molecule has 2 aromatic carbocycles. The van der Waals surface area contributed by atoms with E-state index >= 15 is 0 Å². The number of rotatable bonds is 5. The molecule has 0 saturated carbocycles. The van der Waals surface area contributed by atoms with Crippen molar-refractivity contribution in [1.29, 1.82) is 0 Å². The average Bonchev–Trinajstić information content (AvgIpc) is 3.16. The van der Waals surface area contributed by atoms with Gasteiger partial charge in [-0.1, -0.05) is 11.6 Å². The zero-order chi connectivity index (χ0) is 18.4. The van der Waals surface area contributed by atoms with Gasteiger partial charge in [0.2, 0.25) is 0 Å². The Hall–Kier alpha value is -2.57. The number of benzene rings is 2. The van der Waals surface area contributed by atoms with Gasteiger partial charge in [0, 0.05) is 35.1 Å². The fourth-order valence-corrected chi connectivity index (χ4v) is 2.77. The number of nitrogens with one attached hydrogen (secondary N) is 3. The van der Waals surface area contributed by atoms with Gasteiger partial charge in [0.1, 0.15) is 0 Å². The van der Waals surface area contributed by atoms with Crippen LogP contribution in [-0.4, -0.2) is 31.2 Å². The number of ether oxygens (including phenoxy) is 1. The molecule has 0 aliphatic carbocycles. The van der Waals surface area contributed by atoms with Crippen molar-refractivity contribution in [1.82, 2.24) is 5.32 Å². The summed E-state index contributed by atoms with van der Waals surface area (Å²) in [6, 6.07) is 13.1. The molecule has 3 rings (SSSR count). The first-order valence-electron chi connectivity index (χ1n) is 8.43. The van der Waals surface area contributed by atoms with Crippen molar-refractivity contribution in [3.63, 3.8) is 0 Å². The third-order valence-corrected chi connectivity index (χ3v) is 4.27. The van der Waals surface area contributed by atoms with Gasteiger partial charge in [-0.15, -0.1) is 0 Å². The number of hydrogen-bond donors (Lipinski definition) is 3. The molecule has 0 unspecified atom stereocenters. The highest BCUT2D eigenvalue weighted by molar-refractivity contribution is 6.30. The van der Waals surface area contributed by atoms with Crippen molar-refractivity contribution in [3.05, 3.63) is 59.1 Å². The topological polar surface area (TPSA) is 79.5 Å². The number of anilines is 2. The van der Waals surface area contributed by atoms with Crippen molar-refractivity contribution < 1.29 is 14.3 Å². The third-order valence-electron chi connectivity index (χ3n) is 4.02. The number of carbonyl (C=O) groups is 2. The van der Waals surface area contributed by atoms with Gasteiger partial charge in [-0.25, -0.2) is 4.79 Å². The lowest BCUT2D eigenvalue weighted by molar-refractivity contribution is 0.0858. The maximum absolute atomic E-state index is 12.1. The van der Waals surface area contributed by atoms with E-state index < -0.39 is 0 Å². The Morgan fingerprint density at radius 2 is 1.62 bits per heavy atom. The van der Waals surface area contributed by atoms with Crippen LogP contribution in [0.25, 0.3) is 0 Å². The molecular formula is C19H20ClN3O3. The van der Waals surface area contributed by atoms with Crippen LogP contribution in [0.15, 0.2) is 48.5 Å². The minimum absolute atomic E-state index is 0.108. The van der Waals surface area contributed by atoms with Gasteiger partial charge in [0.25, 0.3) is 5.91 Å². The molecule has 1 saturated heterocycles. The van der Waals surface area contributed by atoms with Crippen LogP contribution in [0.2, 0.25) is 5.02 Å². The lowest BCUT2D eigenvalue weighted by Crippen LogP contribution is -2.31. The molecule has 1 heterocycles. The van der Waals surface area contributed by atoms with Gasteiger partial charge in [-0.3, -0.25) is 4.79 Å². The standard InChI is InChI=1S/C19H20ClN3O3/c20-14-5-9-16(10-6-14)23-19(25)22-15-7-3-13(4-8-15)18(24)21-12-17-2-1-11-26-17/h3-10,17H,1-2,11-12H2,(H,21,24)(H2,22,23,25)/t17-/m1/s1. The molecule has 0 radical (unpaired) electrons. The van der Waals surface area contributed by atoms with E-state index in [4.69, 9.17) is 16.3 Å². The zero-order valence-electron chi connectivity index (χ0n) is 14.1. The van der Waals surface area contributed by atoms with E-state index in [1.807, 2.05) is 0 Å². The highest BCUT2D eigenvalue weighted by Crippen LogP contribution is 2.15. The fourth-order valence-electron chi connectivity index (χ4n) is 2.65. The molecule has 26 heavy (non-hydrogen) atoms. The van der Waals surface area contributed by atoms with Gasteiger partial charge < -0.3 is 20.7 Å². The smallest absolute Gasteiger partial charge is 0.323 e. The van der Waals surface area contributed by atoms with Crippen molar-refractivity contribution in [2.24, 2.45) is 0 Å². The van der Waals surface area contributed by atoms with Crippen LogP contribution in [-0.2, 0) is 4.74 Å². The molecule has 3 N–H and O–H groups in total. The number of carbonyl (C=O) groups excluding carboxylic acids is 2. The summed E-state index contributed by atoms with van der Waals surface area (Å²) in [6.45, 7) is 1.28. The Balaban J connectivity index is 1.49. The molecule has 136 valence electrons. The van der Waals surface area contributed by atoms with Crippen LogP contribution in [0.1, 0.15) is 23.2 Å². The van der Waals surface area contributed by atoms with Crippen molar-refractivity contribution >= 4 is 34.9 Å². The average molecular weight is 374 g/mol. The Morgan fingerprint density at radius 3 is 2.19 bits per heavy atom. The van der Waals surface area contributed by atoms with E-state index in [0.29, 0.717) is 28.5 Å². The number of halogens is 1. The first kappa shape index (κ1) is 18.2. The number of urea groups is 1. The lowest BCUT2D eigenvalue weighted by atomic mass is 10.2.